The summed E-state index contributed by atoms with van der Waals surface area (Å²) in [5.74, 6) is 0.923. The number of ether oxygens (including phenoxy) is 2. The second kappa shape index (κ2) is 12.1. The van der Waals surface area contributed by atoms with Crippen LogP contribution in [0.1, 0.15) is 10.4 Å². The lowest BCUT2D eigenvalue weighted by molar-refractivity contribution is 0.112. The molecule has 0 aromatic heterocycles. The zero-order valence-corrected chi connectivity index (χ0v) is 13.2. The highest BCUT2D eigenvalue weighted by Gasteiger charge is 2.04. The first-order valence-corrected chi connectivity index (χ1v) is 7.09. The number of benzene rings is 1. The van der Waals surface area contributed by atoms with E-state index in [0.717, 1.165) is 6.29 Å². The number of hydrogen-bond donors (Lipinski definition) is 0. The Labute approximate surface area is 142 Å². The van der Waals surface area contributed by atoms with Crippen molar-refractivity contribution in [2.24, 2.45) is 0 Å². The first-order valence-electron chi connectivity index (χ1n) is 7.09. The molecule has 0 unspecified atom stereocenters. The Kier molecular flexibility index (Phi) is 9.33. The van der Waals surface area contributed by atoms with Crippen LogP contribution in [0.15, 0.2) is 104 Å². The molecule has 3 nitrogen and oxygen atoms in total. The van der Waals surface area contributed by atoms with E-state index in [1.54, 1.807) is 66.8 Å². The molecule has 1 aromatic rings. The van der Waals surface area contributed by atoms with Crippen molar-refractivity contribution < 1.29 is 14.3 Å². The number of rotatable bonds is 9. The minimum Gasteiger partial charge on any atom is -0.461 e. The van der Waals surface area contributed by atoms with Gasteiger partial charge in [0.2, 0.25) is 0 Å². The third-order valence-electron chi connectivity index (χ3n) is 2.52. The van der Waals surface area contributed by atoms with Gasteiger partial charge in [-0.2, -0.15) is 0 Å². The minimum absolute atomic E-state index is 0.433. The van der Waals surface area contributed by atoms with Gasteiger partial charge in [-0.05, 0) is 42.5 Å². The van der Waals surface area contributed by atoms with Crippen LogP contribution in [0, 0.1) is 0 Å². The van der Waals surface area contributed by atoms with Crippen LogP contribution in [0.3, 0.4) is 0 Å². The van der Waals surface area contributed by atoms with Crippen molar-refractivity contribution in [1.82, 2.24) is 0 Å². The van der Waals surface area contributed by atoms with Crippen molar-refractivity contribution in [1.29, 1.82) is 0 Å². The van der Waals surface area contributed by atoms with Crippen LogP contribution in [0.2, 0.25) is 0 Å². The topological polar surface area (TPSA) is 35.5 Å². The lowest BCUT2D eigenvalue weighted by Gasteiger charge is -2.07. The fraction of sp³-hybridized carbons (Fsp3) is 0. The SMILES string of the molecule is C=C=C/C=C/C=C\Oc1ccc(C=O)cc1O/C=C\C=C\C=C=C. The van der Waals surface area contributed by atoms with Gasteiger partial charge in [0.15, 0.2) is 11.5 Å². The molecule has 0 saturated carbocycles. The van der Waals surface area contributed by atoms with E-state index < -0.39 is 0 Å². The molecule has 0 spiro atoms. The zero-order valence-electron chi connectivity index (χ0n) is 13.2. The molecule has 1 aromatic carbocycles. The monoisotopic (exact) mass is 318 g/mol. The molecule has 0 heterocycles. The molecule has 0 atom stereocenters. The normalized spacial score (nSPS) is 10.8. The molecule has 0 fully saturated rings. The maximum atomic E-state index is 10.9. The molecular weight excluding hydrogens is 300 g/mol. The Hall–Kier alpha value is -3.51. The highest BCUT2D eigenvalue weighted by atomic mass is 16.5. The molecule has 0 aliphatic carbocycles. The van der Waals surface area contributed by atoms with Gasteiger partial charge in [0, 0.05) is 5.56 Å². The molecule has 1 rings (SSSR count). The van der Waals surface area contributed by atoms with Crippen molar-refractivity contribution in [3.63, 3.8) is 0 Å². The van der Waals surface area contributed by atoms with Crippen molar-refractivity contribution in [3.8, 4) is 11.5 Å². The quantitative estimate of drug-likeness (QED) is 0.276. The summed E-state index contributed by atoms with van der Waals surface area (Å²) in [6.07, 6.45) is 17.6. The van der Waals surface area contributed by atoms with Gasteiger partial charge in [-0.3, -0.25) is 4.79 Å². The summed E-state index contributed by atoms with van der Waals surface area (Å²) >= 11 is 0. The molecule has 0 aliphatic heterocycles. The Bertz CT molecular complexity index is 751. The fourth-order valence-electron chi connectivity index (χ4n) is 1.48. The van der Waals surface area contributed by atoms with Gasteiger partial charge in [-0.25, -0.2) is 0 Å². The number of aldehydes is 1. The number of hydrogen-bond acceptors (Lipinski definition) is 3. The van der Waals surface area contributed by atoms with Gasteiger partial charge in [0.05, 0.1) is 12.5 Å². The molecule has 0 amide bonds. The summed E-state index contributed by atoms with van der Waals surface area (Å²) in [7, 11) is 0. The summed E-state index contributed by atoms with van der Waals surface area (Å²) in [5, 5.41) is 0. The van der Waals surface area contributed by atoms with Gasteiger partial charge in [-0.1, -0.05) is 37.5 Å². The molecular formula is C21H18O3. The Morgan fingerprint density at radius 3 is 1.92 bits per heavy atom. The van der Waals surface area contributed by atoms with Crippen molar-refractivity contribution >= 4 is 6.29 Å². The smallest absolute Gasteiger partial charge is 0.169 e. The maximum absolute atomic E-state index is 10.9. The predicted molar refractivity (Wildman–Crippen MR) is 97.1 cm³/mol. The Morgan fingerprint density at radius 1 is 0.792 bits per heavy atom. The lowest BCUT2D eigenvalue weighted by Crippen LogP contribution is -1.91. The van der Waals surface area contributed by atoms with Gasteiger partial charge in [0.25, 0.3) is 0 Å². The van der Waals surface area contributed by atoms with E-state index in [0.29, 0.717) is 17.1 Å². The van der Waals surface area contributed by atoms with Gasteiger partial charge >= 0.3 is 0 Å². The first-order chi connectivity index (χ1) is 11.8. The summed E-state index contributed by atoms with van der Waals surface area (Å²) in [6.45, 7) is 6.91. The average molecular weight is 318 g/mol. The van der Waals surface area contributed by atoms with Crippen LogP contribution in [0.25, 0.3) is 0 Å². The predicted octanol–water partition coefficient (Wildman–Crippen LogP) is 5.08. The van der Waals surface area contributed by atoms with Crippen LogP contribution in [-0.2, 0) is 0 Å². The summed E-state index contributed by atoms with van der Waals surface area (Å²) in [5.41, 5.74) is 5.75. The molecule has 0 aliphatic rings. The average Bonchev–Trinajstić information content (AvgIpc) is 2.61. The van der Waals surface area contributed by atoms with E-state index in [-0.39, 0.29) is 0 Å². The van der Waals surface area contributed by atoms with Crippen molar-refractivity contribution in [3.05, 3.63) is 110 Å². The van der Waals surface area contributed by atoms with Crippen LogP contribution in [-0.4, -0.2) is 6.29 Å². The second-order valence-corrected chi connectivity index (χ2v) is 4.23. The van der Waals surface area contributed by atoms with E-state index >= 15 is 0 Å². The number of carbonyl (C=O) groups is 1. The Morgan fingerprint density at radius 2 is 1.38 bits per heavy atom. The van der Waals surface area contributed by atoms with Crippen molar-refractivity contribution in [2.45, 2.75) is 0 Å². The number of allylic oxidation sites excluding steroid dienone is 8. The van der Waals surface area contributed by atoms with Crippen LogP contribution in [0.5, 0.6) is 11.5 Å². The van der Waals surface area contributed by atoms with Crippen molar-refractivity contribution in [2.75, 3.05) is 0 Å². The molecule has 0 N–H and O–H groups in total. The van der Waals surface area contributed by atoms with Crippen LogP contribution >= 0.6 is 0 Å². The highest BCUT2D eigenvalue weighted by Crippen LogP contribution is 2.28. The molecule has 3 heteroatoms. The molecule has 0 bridgehead atoms. The summed E-state index contributed by atoms with van der Waals surface area (Å²) in [4.78, 5) is 10.9. The third kappa shape index (κ3) is 7.48. The van der Waals surface area contributed by atoms with E-state index in [2.05, 4.69) is 24.6 Å². The van der Waals surface area contributed by atoms with E-state index in [9.17, 15) is 4.79 Å². The van der Waals surface area contributed by atoms with Crippen LogP contribution < -0.4 is 9.47 Å². The van der Waals surface area contributed by atoms with E-state index in [1.165, 1.54) is 12.5 Å². The first kappa shape index (κ1) is 18.5. The van der Waals surface area contributed by atoms with Gasteiger partial charge < -0.3 is 9.47 Å². The maximum Gasteiger partial charge on any atom is 0.169 e. The van der Waals surface area contributed by atoms with Crippen LogP contribution in [0.4, 0.5) is 0 Å². The van der Waals surface area contributed by atoms with Gasteiger partial charge in [-0.15, -0.1) is 11.5 Å². The molecule has 0 radical (unpaired) electrons. The minimum atomic E-state index is 0.433. The van der Waals surface area contributed by atoms with Gasteiger partial charge in [0.1, 0.15) is 6.29 Å². The zero-order chi connectivity index (χ0) is 17.5. The summed E-state index contributed by atoms with van der Waals surface area (Å²) in [6, 6.07) is 4.92. The fourth-order valence-corrected chi connectivity index (χ4v) is 1.48. The Balaban J connectivity index is 2.81. The third-order valence-corrected chi connectivity index (χ3v) is 2.52. The van der Waals surface area contributed by atoms with E-state index in [1.807, 2.05) is 0 Å². The largest absolute Gasteiger partial charge is 0.461 e. The highest BCUT2D eigenvalue weighted by molar-refractivity contribution is 5.76. The number of carbonyl (C=O) groups excluding carboxylic acids is 1. The molecule has 24 heavy (non-hydrogen) atoms. The second-order valence-electron chi connectivity index (χ2n) is 4.23. The molecule has 0 saturated heterocycles. The summed E-state index contributed by atoms with van der Waals surface area (Å²) < 4.78 is 11.0. The standard InChI is InChI=1S/C21H18O3/c1-3-5-7-9-11-15-23-20-14-13-19(18-22)17-21(20)24-16-12-10-8-6-4-2/h5-18H,1-2H2/b9-7+,10-8+,15-11-,16-12-. The van der Waals surface area contributed by atoms with E-state index in [4.69, 9.17) is 9.47 Å². The molecule has 120 valence electrons. The lowest BCUT2D eigenvalue weighted by atomic mass is 10.2.